The number of carbonyl (C=O) groups is 1. The van der Waals surface area contributed by atoms with E-state index >= 15 is 0 Å². The fraction of sp³-hybridized carbons (Fsp3) is 0.818. The van der Waals surface area contributed by atoms with Crippen molar-refractivity contribution in [2.75, 3.05) is 26.3 Å². The number of alkyl halides is 1. The average molecular weight is 245 g/mol. The molecule has 2 unspecified atom stereocenters. The summed E-state index contributed by atoms with van der Waals surface area (Å²) >= 11 is 5.78. The molecule has 0 saturated carbocycles. The summed E-state index contributed by atoms with van der Waals surface area (Å²) in [5, 5.41) is 8.02. The largest absolute Gasteiger partial charge is 0.381 e. The van der Waals surface area contributed by atoms with Crippen LogP contribution in [0.5, 0.6) is 0 Å². The number of ether oxygens (including phenoxy) is 1. The molecule has 4 nitrogen and oxygen atoms in total. The number of halogens is 1. The van der Waals surface area contributed by atoms with Gasteiger partial charge in [0.1, 0.15) is 5.38 Å². The predicted molar refractivity (Wildman–Crippen MR) is 61.1 cm³/mol. The van der Waals surface area contributed by atoms with Crippen LogP contribution in [0.1, 0.15) is 19.8 Å². The highest BCUT2D eigenvalue weighted by Crippen LogP contribution is 2.15. The van der Waals surface area contributed by atoms with Crippen molar-refractivity contribution in [1.82, 2.24) is 4.90 Å². The summed E-state index contributed by atoms with van der Waals surface area (Å²) in [5.41, 5.74) is 0. The second-order valence-electron chi connectivity index (χ2n) is 4.04. The molecule has 1 fully saturated rings. The molecule has 2 atom stereocenters. The Morgan fingerprint density at radius 2 is 2.50 bits per heavy atom. The molecule has 0 aromatic heterocycles. The van der Waals surface area contributed by atoms with Gasteiger partial charge in [-0.25, -0.2) is 0 Å². The van der Waals surface area contributed by atoms with E-state index in [9.17, 15) is 4.79 Å². The van der Waals surface area contributed by atoms with Crippen molar-refractivity contribution in [2.45, 2.75) is 25.1 Å². The van der Waals surface area contributed by atoms with E-state index in [0.29, 0.717) is 32.0 Å². The number of rotatable bonds is 5. The standard InChI is InChI=1S/C11H17ClN2O2/c1-9(12)11(15)14(5-2-4-13)7-10-3-6-16-8-10/h9-10H,2-3,5-8H2,1H3. The van der Waals surface area contributed by atoms with Gasteiger partial charge >= 0.3 is 0 Å². The number of carbonyl (C=O) groups excluding carboxylic acids is 1. The number of amides is 1. The second-order valence-corrected chi connectivity index (χ2v) is 4.69. The van der Waals surface area contributed by atoms with E-state index in [-0.39, 0.29) is 5.91 Å². The van der Waals surface area contributed by atoms with Gasteiger partial charge in [0.25, 0.3) is 0 Å². The first kappa shape index (κ1) is 13.3. The van der Waals surface area contributed by atoms with Gasteiger partial charge in [-0.05, 0) is 13.3 Å². The lowest BCUT2D eigenvalue weighted by atomic mass is 10.1. The maximum Gasteiger partial charge on any atom is 0.240 e. The van der Waals surface area contributed by atoms with Gasteiger partial charge in [-0.15, -0.1) is 11.6 Å². The van der Waals surface area contributed by atoms with Gasteiger partial charge in [0.05, 0.1) is 19.1 Å². The van der Waals surface area contributed by atoms with Crippen LogP contribution >= 0.6 is 11.6 Å². The fourth-order valence-electron chi connectivity index (χ4n) is 1.77. The molecule has 0 spiro atoms. The van der Waals surface area contributed by atoms with Crippen molar-refractivity contribution in [3.05, 3.63) is 0 Å². The third kappa shape index (κ3) is 3.99. The smallest absolute Gasteiger partial charge is 0.240 e. The van der Waals surface area contributed by atoms with Gasteiger partial charge in [-0.3, -0.25) is 4.79 Å². The monoisotopic (exact) mass is 244 g/mol. The zero-order valence-electron chi connectivity index (χ0n) is 9.49. The molecule has 1 saturated heterocycles. The molecule has 0 radical (unpaired) electrons. The molecule has 1 aliphatic rings. The summed E-state index contributed by atoms with van der Waals surface area (Å²) in [7, 11) is 0. The van der Waals surface area contributed by atoms with Crippen LogP contribution in [0.25, 0.3) is 0 Å². The predicted octanol–water partition coefficient (Wildman–Crippen LogP) is 1.39. The summed E-state index contributed by atoms with van der Waals surface area (Å²) < 4.78 is 5.27. The number of hydrogen-bond acceptors (Lipinski definition) is 3. The Morgan fingerprint density at radius 1 is 1.75 bits per heavy atom. The lowest BCUT2D eigenvalue weighted by molar-refractivity contribution is -0.131. The molecule has 0 aromatic rings. The highest BCUT2D eigenvalue weighted by atomic mass is 35.5. The second kappa shape index (κ2) is 6.72. The van der Waals surface area contributed by atoms with E-state index in [4.69, 9.17) is 21.6 Å². The van der Waals surface area contributed by atoms with Gasteiger partial charge in [0, 0.05) is 25.6 Å². The SMILES string of the molecule is CC(Cl)C(=O)N(CCC#N)CC1CCOC1. The lowest BCUT2D eigenvalue weighted by Gasteiger charge is -2.25. The molecule has 0 aliphatic carbocycles. The molecule has 0 aromatic carbocycles. The fourth-order valence-corrected chi connectivity index (χ4v) is 1.91. The first-order valence-electron chi connectivity index (χ1n) is 5.52. The van der Waals surface area contributed by atoms with E-state index in [0.717, 1.165) is 13.0 Å². The van der Waals surface area contributed by atoms with Gasteiger partial charge in [0.2, 0.25) is 5.91 Å². The third-order valence-electron chi connectivity index (χ3n) is 2.65. The zero-order chi connectivity index (χ0) is 12.0. The summed E-state index contributed by atoms with van der Waals surface area (Å²) in [6.07, 6.45) is 1.33. The molecule has 5 heteroatoms. The summed E-state index contributed by atoms with van der Waals surface area (Å²) in [5.74, 6) is 0.293. The third-order valence-corrected chi connectivity index (χ3v) is 2.83. The van der Waals surface area contributed by atoms with Crippen LogP contribution in [0.4, 0.5) is 0 Å². The molecule has 1 rings (SSSR count). The van der Waals surface area contributed by atoms with E-state index in [1.807, 2.05) is 6.07 Å². The maximum atomic E-state index is 11.8. The molecular weight excluding hydrogens is 228 g/mol. The van der Waals surface area contributed by atoms with E-state index < -0.39 is 5.38 Å². The van der Waals surface area contributed by atoms with Gasteiger partial charge < -0.3 is 9.64 Å². The van der Waals surface area contributed by atoms with Crippen molar-refractivity contribution < 1.29 is 9.53 Å². The quantitative estimate of drug-likeness (QED) is 0.687. The Hall–Kier alpha value is -0.790. The van der Waals surface area contributed by atoms with Crippen LogP contribution < -0.4 is 0 Å². The number of nitrogens with zero attached hydrogens (tertiary/aromatic N) is 2. The minimum atomic E-state index is -0.527. The van der Waals surface area contributed by atoms with Crippen molar-refractivity contribution in [1.29, 1.82) is 5.26 Å². The van der Waals surface area contributed by atoms with Gasteiger partial charge in [-0.1, -0.05) is 0 Å². The van der Waals surface area contributed by atoms with Crippen molar-refractivity contribution >= 4 is 17.5 Å². The highest BCUT2D eigenvalue weighted by molar-refractivity contribution is 6.30. The van der Waals surface area contributed by atoms with Gasteiger partial charge in [0.15, 0.2) is 0 Å². The summed E-state index contributed by atoms with van der Waals surface area (Å²) in [4.78, 5) is 13.5. The van der Waals surface area contributed by atoms with Crippen molar-refractivity contribution in [2.24, 2.45) is 5.92 Å². The molecule has 0 N–H and O–H groups in total. The number of hydrogen-bond donors (Lipinski definition) is 0. The molecule has 90 valence electrons. The van der Waals surface area contributed by atoms with Crippen molar-refractivity contribution in [3.8, 4) is 6.07 Å². The topological polar surface area (TPSA) is 53.3 Å². The minimum Gasteiger partial charge on any atom is -0.381 e. The Kier molecular flexibility index (Phi) is 5.58. The summed E-state index contributed by atoms with van der Waals surface area (Å²) in [6.45, 7) is 4.24. The molecule has 1 amide bonds. The van der Waals surface area contributed by atoms with Crippen LogP contribution in [0.2, 0.25) is 0 Å². The van der Waals surface area contributed by atoms with Crippen LogP contribution in [-0.2, 0) is 9.53 Å². The van der Waals surface area contributed by atoms with Crippen LogP contribution in [0.15, 0.2) is 0 Å². The van der Waals surface area contributed by atoms with Crippen molar-refractivity contribution in [3.63, 3.8) is 0 Å². The van der Waals surface area contributed by atoms with E-state index in [1.165, 1.54) is 0 Å². The molecule has 1 heterocycles. The number of nitriles is 1. The minimum absolute atomic E-state index is 0.0937. The van der Waals surface area contributed by atoms with Crippen LogP contribution in [0, 0.1) is 17.2 Å². The Balaban J connectivity index is 2.48. The summed E-state index contributed by atoms with van der Waals surface area (Å²) in [6, 6.07) is 2.05. The Labute approximate surface area is 101 Å². The van der Waals surface area contributed by atoms with Gasteiger partial charge in [-0.2, -0.15) is 5.26 Å². The molecular formula is C11H17ClN2O2. The Morgan fingerprint density at radius 3 is 3.00 bits per heavy atom. The zero-order valence-corrected chi connectivity index (χ0v) is 10.2. The Bertz CT molecular complexity index is 270. The maximum absolute atomic E-state index is 11.8. The van der Waals surface area contributed by atoms with E-state index in [2.05, 4.69) is 0 Å². The highest BCUT2D eigenvalue weighted by Gasteiger charge is 2.24. The average Bonchev–Trinajstić information content (AvgIpc) is 2.75. The van der Waals surface area contributed by atoms with Crippen LogP contribution in [0.3, 0.4) is 0 Å². The molecule has 0 bridgehead atoms. The molecule has 16 heavy (non-hydrogen) atoms. The lowest BCUT2D eigenvalue weighted by Crippen LogP contribution is -2.39. The van der Waals surface area contributed by atoms with Crippen LogP contribution in [-0.4, -0.2) is 42.5 Å². The first-order valence-corrected chi connectivity index (χ1v) is 5.96. The normalized spacial score (nSPS) is 21.4. The van der Waals surface area contributed by atoms with E-state index in [1.54, 1.807) is 11.8 Å². The first-order chi connectivity index (χ1) is 7.65. The molecule has 1 aliphatic heterocycles.